The summed E-state index contributed by atoms with van der Waals surface area (Å²) in [6.07, 6.45) is 1.08. The summed E-state index contributed by atoms with van der Waals surface area (Å²) in [5.74, 6) is 0.899. The molecular formula is C20H24O7. The zero-order valence-electron chi connectivity index (χ0n) is 15.7. The second-order valence-corrected chi connectivity index (χ2v) is 7.23. The summed E-state index contributed by atoms with van der Waals surface area (Å²) in [5.41, 5.74) is -0.430. The van der Waals surface area contributed by atoms with E-state index < -0.39 is 23.7 Å². The molecule has 0 aliphatic carbocycles. The van der Waals surface area contributed by atoms with E-state index in [4.69, 9.17) is 13.9 Å². The van der Waals surface area contributed by atoms with Gasteiger partial charge in [-0.05, 0) is 20.3 Å². The Kier molecular flexibility index (Phi) is 5.26. The van der Waals surface area contributed by atoms with Crippen molar-refractivity contribution in [2.24, 2.45) is 0 Å². The van der Waals surface area contributed by atoms with Crippen molar-refractivity contribution < 1.29 is 28.9 Å². The third-order valence-electron chi connectivity index (χ3n) is 4.71. The normalized spacial score (nSPS) is 16.3. The SMILES string of the molecule is CCCOc1c2c(cc3oc(CO)c(CC=O)c(=O)c13)O[C@H](C(C)(C)O)C2. The Morgan fingerprint density at radius 2 is 2.15 bits per heavy atom. The molecule has 0 fully saturated rings. The molecule has 1 aliphatic heterocycles. The molecular weight excluding hydrogens is 352 g/mol. The molecule has 27 heavy (non-hydrogen) atoms. The average molecular weight is 376 g/mol. The molecule has 0 saturated carbocycles. The number of aldehydes is 1. The van der Waals surface area contributed by atoms with Crippen LogP contribution in [0.4, 0.5) is 0 Å². The highest BCUT2D eigenvalue weighted by Crippen LogP contribution is 2.43. The lowest BCUT2D eigenvalue weighted by Gasteiger charge is -2.24. The Labute approximate surface area is 156 Å². The minimum absolute atomic E-state index is 0.0537. The van der Waals surface area contributed by atoms with E-state index in [1.807, 2.05) is 6.92 Å². The fourth-order valence-corrected chi connectivity index (χ4v) is 3.27. The summed E-state index contributed by atoms with van der Waals surface area (Å²) in [7, 11) is 0. The third-order valence-corrected chi connectivity index (χ3v) is 4.71. The summed E-state index contributed by atoms with van der Waals surface area (Å²) in [5, 5.41) is 20.1. The second kappa shape index (κ2) is 7.32. The largest absolute Gasteiger partial charge is 0.492 e. The van der Waals surface area contributed by atoms with Gasteiger partial charge in [0.25, 0.3) is 0 Å². The van der Waals surface area contributed by atoms with Gasteiger partial charge in [0.1, 0.15) is 47.2 Å². The fraction of sp³-hybridized carbons (Fsp3) is 0.500. The predicted molar refractivity (Wildman–Crippen MR) is 98.4 cm³/mol. The molecule has 1 aromatic heterocycles. The number of rotatable bonds is 7. The molecule has 1 aliphatic rings. The smallest absolute Gasteiger partial charge is 0.200 e. The molecule has 0 unspecified atom stereocenters. The minimum Gasteiger partial charge on any atom is -0.492 e. The summed E-state index contributed by atoms with van der Waals surface area (Å²) in [6.45, 7) is 5.16. The van der Waals surface area contributed by atoms with Crippen molar-refractivity contribution in [1.82, 2.24) is 0 Å². The van der Waals surface area contributed by atoms with Crippen LogP contribution in [0.5, 0.6) is 11.5 Å². The van der Waals surface area contributed by atoms with Crippen LogP contribution in [0.1, 0.15) is 44.1 Å². The summed E-state index contributed by atoms with van der Waals surface area (Å²) < 4.78 is 17.5. The number of hydrogen-bond donors (Lipinski definition) is 2. The molecule has 0 bridgehead atoms. The molecule has 146 valence electrons. The van der Waals surface area contributed by atoms with E-state index in [-0.39, 0.29) is 28.7 Å². The first-order valence-electron chi connectivity index (χ1n) is 9.02. The van der Waals surface area contributed by atoms with E-state index in [1.165, 1.54) is 0 Å². The topological polar surface area (TPSA) is 106 Å². The van der Waals surface area contributed by atoms with Crippen molar-refractivity contribution in [3.05, 3.63) is 33.2 Å². The first-order valence-corrected chi connectivity index (χ1v) is 9.02. The highest BCUT2D eigenvalue weighted by molar-refractivity contribution is 5.88. The van der Waals surface area contributed by atoms with Gasteiger partial charge in [0, 0.05) is 30.0 Å². The van der Waals surface area contributed by atoms with Gasteiger partial charge in [-0.1, -0.05) is 6.92 Å². The Hall–Kier alpha value is -2.38. The molecule has 0 saturated heterocycles. The van der Waals surface area contributed by atoms with Gasteiger partial charge < -0.3 is 28.9 Å². The zero-order valence-corrected chi connectivity index (χ0v) is 15.7. The summed E-state index contributed by atoms with van der Waals surface area (Å²) >= 11 is 0. The predicted octanol–water partition coefficient (Wildman–Crippen LogP) is 1.89. The molecule has 0 radical (unpaired) electrons. The molecule has 1 atom stereocenters. The maximum atomic E-state index is 13.1. The van der Waals surface area contributed by atoms with Crippen molar-refractivity contribution in [1.29, 1.82) is 0 Å². The van der Waals surface area contributed by atoms with Crippen LogP contribution in [-0.2, 0) is 24.2 Å². The highest BCUT2D eigenvalue weighted by atomic mass is 16.5. The van der Waals surface area contributed by atoms with Crippen molar-refractivity contribution in [2.75, 3.05) is 6.61 Å². The van der Waals surface area contributed by atoms with Crippen LogP contribution in [0, 0.1) is 0 Å². The van der Waals surface area contributed by atoms with E-state index in [9.17, 15) is 19.8 Å². The van der Waals surface area contributed by atoms with Gasteiger partial charge in [-0.3, -0.25) is 4.79 Å². The number of fused-ring (bicyclic) bond motifs is 2. The van der Waals surface area contributed by atoms with Gasteiger partial charge in [0.05, 0.1) is 12.2 Å². The number of carbonyl (C=O) groups is 1. The lowest BCUT2D eigenvalue weighted by molar-refractivity contribution is -0.107. The molecule has 2 N–H and O–H groups in total. The Morgan fingerprint density at radius 1 is 1.41 bits per heavy atom. The van der Waals surface area contributed by atoms with E-state index in [2.05, 4.69) is 0 Å². The Bertz CT molecular complexity index is 921. The van der Waals surface area contributed by atoms with E-state index in [0.717, 1.165) is 6.42 Å². The van der Waals surface area contributed by atoms with Crippen molar-refractivity contribution in [3.63, 3.8) is 0 Å². The van der Waals surface area contributed by atoms with Crippen LogP contribution in [0.15, 0.2) is 15.3 Å². The number of aliphatic hydroxyl groups is 2. The quantitative estimate of drug-likeness (QED) is 0.711. The lowest BCUT2D eigenvalue weighted by Crippen LogP contribution is -2.39. The standard InChI is InChI=1S/C20H24O7/c1-4-7-25-19-12-8-16(20(2,3)24)27-13(12)9-14-17(19)18(23)11(5-6-21)15(10-22)26-14/h6,9,16,22,24H,4-5,7-8,10H2,1-3H3/t16-/m0/s1. The Morgan fingerprint density at radius 3 is 2.74 bits per heavy atom. The minimum atomic E-state index is -1.08. The summed E-state index contributed by atoms with van der Waals surface area (Å²) in [6, 6.07) is 1.58. The van der Waals surface area contributed by atoms with Gasteiger partial charge >= 0.3 is 0 Å². The van der Waals surface area contributed by atoms with Gasteiger partial charge in [0.15, 0.2) is 5.43 Å². The van der Waals surface area contributed by atoms with Gasteiger partial charge in [-0.15, -0.1) is 0 Å². The number of aliphatic hydroxyl groups excluding tert-OH is 1. The van der Waals surface area contributed by atoms with Crippen LogP contribution in [-0.4, -0.2) is 34.8 Å². The molecule has 3 rings (SSSR count). The average Bonchev–Trinajstić information content (AvgIpc) is 3.05. The van der Waals surface area contributed by atoms with Crippen LogP contribution >= 0.6 is 0 Å². The van der Waals surface area contributed by atoms with E-state index in [1.54, 1.807) is 19.9 Å². The van der Waals surface area contributed by atoms with Crippen molar-refractivity contribution in [2.45, 2.75) is 58.3 Å². The lowest BCUT2D eigenvalue weighted by atomic mass is 9.95. The number of carbonyl (C=O) groups excluding carboxylic acids is 1. The van der Waals surface area contributed by atoms with Crippen LogP contribution in [0.3, 0.4) is 0 Å². The monoisotopic (exact) mass is 376 g/mol. The molecule has 7 nitrogen and oxygen atoms in total. The van der Waals surface area contributed by atoms with Crippen molar-refractivity contribution >= 4 is 17.3 Å². The van der Waals surface area contributed by atoms with Crippen LogP contribution in [0.2, 0.25) is 0 Å². The highest BCUT2D eigenvalue weighted by Gasteiger charge is 2.38. The first kappa shape index (κ1) is 19.4. The molecule has 1 aromatic carbocycles. The maximum absolute atomic E-state index is 13.1. The number of benzene rings is 1. The van der Waals surface area contributed by atoms with Crippen molar-refractivity contribution in [3.8, 4) is 11.5 Å². The van der Waals surface area contributed by atoms with Crippen LogP contribution < -0.4 is 14.9 Å². The molecule has 0 amide bonds. The third kappa shape index (κ3) is 3.44. The molecule has 0 spiro atoms. The Balaban J connectivity index is 2.28. The fourth-order valence-electron chi connectivity index (χ4n) is 3.27. The maximum Gasteiger partial charge on any atom is 0.200 e. The van der Waals surface area contributed by atoms with Gasteiger partial charge in [-0.25, -0.2) is 0 Å². The number of hydrogen-bond acceptors (Lipinski definition) is 7. The second-order valence-electron chi connectivity index (χ2n) is 7.23. The zero-order chi connectivity index (χ0) is 19.8. The van der Waals surface area contributed by atoms with E-state index in [0.29, 0.717) is 36.4 Å². The molecule has 7 heteroatoms. The van der Waals surface area contributed by atoms with Gasteiger partial charge in [-0.2, -0.15) is 0 Å². The van der Waals surface area contributed by atoms with Crippen LogP contribution in [0.25, 0.3) is 11.0 Å². The first-order chi connectivity index (χ1) is 12.8. The van der Waals surface area contributed by atoms with E-state index >= 15 is 0 Å². The molecule has 2 heterocycles. The van der Waals surface area contributed by atoms with Gasteiger partial charge in [0.2, 0.25) is 0 Å². The summed E-state index contributed by atoms with van der Waals surface area (Å²) in [4.78, 5) is 24.0. The molecule has 2 aromatic rings. The number of ether oxygens (including phenoxy) is 2.